The maximum Gasteiger partial charge on any atom is 0.219 e. The Morgan fingerprint density at radius 2 is 2.29 bits per heavy atom. The maximum atomic E-state index is 10.9. The zero-order valence-electron chi connectivity index (χ0n) is 9.10. The molecule has 1 unspecified atom stereocenters. The maximum absolute atomic E-state index is 10.9. The number of amides is 1. The van der Waals surface area contributed by atoms with Gasteiger partial charge in [-0.3, -0.25) is 4.79 Å². The van der Waals surface area contributed by atoms with E-state index >= 15 is 0 Å². The topological polar surface area (TPSA) is 41.1 Å². The molecule has 1 amide bonds. The van der Waals surface area contributed by atoms with Gasteiger partial charge in [-0.1, -0.05) is 19.3 Å². The van der Waals surface area contributed by atoms with Gasteiger partial charge in [-0.05, 0) is 19.4 Å². The lowest BCUT2D eigenvalue weighted by molar-refractivity contribution is -0.120. The Morgan fingerprint density at radius 3 is 2.79 bits per heavy atom. The molecule has 2 N–H and O–H groups in total. The van der Waals surface area contributed by atoms with Crippen molar-refractivity contribution in [2.45, 2.75) is 38.6 Å². The van der Waals surface area contributed by atoms with Crippen LogP contribution in [0.4, 0.5) is 0 Å². The average Bonchev–Trinajstić information content (AvgIpc) is 2.22. The van der Waals surface area contributed by atoms with E-state index in [-0.39, 0.29) is 11.9 Å². The standard InChI is InChI=1S/C11H20N2O/c1-4-7-10(5-2)13-9-6-8-11(14)12-3/h2,10,13H,4,6-9H2,1,3H3,(H,12,14). The number of nitrogens with one attached hydrogen (secondary N) is 2. The molecule has 3 nitrogen and oxygen atoms in total. The molecular weight excluding hydrogens is 176 g/mol. The zero-order valence-corrected chi connectivity index (χ0v) is 9.10. The number of rotatable bonds is 7. The first-order valence-electron chi connectivity index (χ1n) is 5.14. The fourth-order valence-electron chi connectivity index (χ4n) is 1.18. The SMILES string of the molecule is C#CC(CCC)NCCCC(=O)NC. The summed E-state index contributed by atoms with van der Waals surface area (Å²) < 4.78 is 0. The highest BCUT2D eigenvalue weighted by Crippen LogP contribution is 1.95. The zero-order chi connectivity index (χ0) is 10.8. The summed E-state index contributed by atoms with van der Waals surface area (Å²) in [6, 6.07) is 0.157. The molecule has 0 aliphatic heterocycles. The minimum atomic E-state index is 0.0829. The van der Waals surface area contributed by atoms with Crippen LogP contribution in [-0.2, 0) is 4.79 Å². The molecule has 0 aromatic heterocycles. The summed E-state index contributed by atoms with van der Waals surface area (Å²) in [5.41, 5.74) is 0. The molecule has 0 saturated heterocycles. The predicted molar refractivity (Wildman–Crippen MR) is 58.8 cm³/mol. The van der Waals surface area contributed by atoms with Crippen LogP contribution in [0.1, 0.15) is 32.6 Å². The Morgan fingerprint density at radius 1 is 1.57 bits per heavy atom. The molecule has 0 spiro atoms. The van der Waals surface area contributed by atoms with Crippen molar-refractivity contribution in [3.63, 3.8) is 0 Å². The van der Waals surface area contributed by atoms with Gasteiger partial charge in [-0.15, -0.1) is 6.42 Å². The van der Waals surface area contributed by atoms with Gasteiger partial charge in [0, 0.05) is 13.5 Å². The third kappa shape index (κ3) is 6.50. The van der Waals surface area contributed by atoms with E-state index in [0.717, 1.165) is 25.8 Å². The van der Waals surface area contributed by atoms with Crippen molar-refractivity contribution in [3.05, 3.63) is 0 Å². The summed E-state index contributed by atoms with van der Waals surface area (Å²) in [6.45, 7) is 2.92. The van der Waals surface area contributed by atoms with E-state index in [0.29, 0.717) is 6.42 Å². The van der Waals surface area contributed by atoms with Crippen LogP contribution in [0, 0.1) is 12.3 Å². The third-order valence-corrected chi connectivity index (χ3v) is 2.03. The molecule has 14 heavy (non-hydrogen) atoms. The molecular formula is C11H20N2O. The minimum Gasteiger partial charge on any atom is -0.359 e. The van der Waals surface area contributed by atoms with E-state index in [9.17, 15) is 4.79 Å². The van der Waals surface area contributed by atoms with Gasteiger partial charge < -0.3 is 10.6 Å². The van der Waals surface area contributed by atoms with Crippen molar-refractivity contribution in [2.24, 2.45) is 0 Å². The quantitative estimate of drug-likeness (QED) is 0.469. The predicted octanol–water partition coefficient (Wildman–Crippen LogP) is 0.904. The van der Waals surface area contributed by atoms with Gasteiger partial charge in [0.25, 0.3) is 0 Å². The van der Waals surface area contributed by atoms with Crippen LogP contribution in [0.3, 0.4) is 0 Å². The van der Waals surface area contributed by atoms with Crippen LogP contribution >= 0.6 is 0 Å². The first kappa shape index (κ1) is 13.0. The van der Waals surface area contributed by atoms with Crippen LogP contribution < -0.4 is 10.6 Å². The van der Waals surface area contributed by atoms with Gasteiger partial charge >= 0.3 is 0 Å². The molecule has 0 rings (SSSR count). The van der Waals surface area contributed by atoms with E-state index in [4.69, 9.17) is 6.42 Å². The minimum absolute atomic E-state index is 0.0829. The molecule has 0 aromatic rings. The van der Waals surface area contributed by atoms with Gasteiger partial charge in [0.1, 0.15) is 0 Å². The normalized spacial score (nSPS) is 11.8. The third-order valence-electron chi connectivity index (χ3n) is 2.03. The average molecular weight is 196 g/mol. The summed E-state index contributed by atoms with van der Waals surface area (Å²) in [6.07, 6.45) is 8.81. The number of carbonyl (C=O) groups is 1. The molecule has 0 bridgehead atoms. The van der Waals surface area contributed by atoms with E-state index in [2.05, 4.69) is 23.5 Å². The molecule has 3 heteroatoms. The van der Waals surface area contributed by atoms with E-state index in [1.165, 1.54) is 0 Å². The molecule has 0 aliphatic carbocycles. The van der Waals surface area contributed by atoms with Crippen molar-refractivity contribution in [1.29, 1.82) is 0 Å². The highest BCUT2D eigenvalue weighted by molar-refractivity contribution is 5.75. The van der Waals surface area contributed by atoms with Crippen molar-refractivity contribution in [1.82, 2.24) is 10.6 Å². The number of carbonyl (C=O) groups excluding carboxylic acids is 1. The van der Waals surface area contributed by atoms with Crippen LogP contribution in [-0.4, -0.2) is 25.5 Å². The fourth-order valence-corrected chi connectivity index (χ4v) is 1.18. The van der Waals surface area contributed by atoms with Crippen LogP contribution in [0.5, 0.6) is 0 Å². The first-order valence-corrected chi connectivity index (χ1v) is 5.14. The van der Waals surface area contributed by atoms with Crippen LogP contribution in [0.15, 0.2) is 0 Å². The molecule has 0 heterocycles. The monoisotopic (exact) mass is 196 g/mol. The number of hydrogen-bond acceptors (Lipinski definition) is 2. The van der Waals surface area contributed by atoms with Crippen LogP contribution in [0.25, 0.3) is 0 Å². The summed E-state index contributed by atoms with van der Waals surface area (Å²) in [5, 5.41) is 5.82. The second kappa shape index (κ2) is 8.58. The molecule has 80 valence electrons. The lowest BCUT2D eigenvalue weighted by atomic mass is 10.1. The van der Waals surface area contributed by atoms with Gasteiger partial charge in [-0.2, -0.15) is 0 Å². The lowest BCUT2D eigenvalue weighted by Crippen LogP contribution is -2.29. The van der Waals surface area contributed by atoms with Crippen molar-refractivity contribution in [2.75, 3.05) is 13.6 Å². The molecule has 1 atom stereocenters. The first-order chi connectivity index (χ1) is 6.74. The Bertz CT molecular complexity index is 196. The molecule has 0 saturated carbocycles. The van der Waals surface area contributed by atoms with Gasteiger partial charge in [0.05, 0.1) is 6.04 Å². The molecule has 0 radical (unpaired) electrons. The Kier molecular flexibility index (Phi) is 7.96. The summed E-state index contributed by atoms with van der Waals surface area (Å²) in [5.74, 6) is 2.78. The van der Waals surface area contributed by atoms with Gasteiger partial charge in [0.15, 0.2) is 0 Å². The number of terminal acetylenes is 1. The largest absolute Gasteiger partial charge is 0.359 e. The smallest absolute Gasteiger partial charge is 0.219 e. The molecule has 0 aromatic carbocycles. The summed E-state index contributed by atoms with van der Waals surface area (Å²) in [4.78, 5) is 10.9. The van der Waals surface area contributed by atoms with Gasteiger partial charge in [-0.25, -0.2) is 0 Å². The summed E-state index contributed by atoms with van der Waals surface area (Å²) >= 11 is 0. The van der Waals surface area contributed by atoms with Crippen molar-refractivity contribution >= 4 is 5.91 Å². The van der Waals surface area contributed by atoms with E-state index < -0.39 is 0 Å². The second-order valence-electron chi connectivity index (χ2n) is 3.24. The lowest BCUT2D eigenvalue weighted by Gasteiger charge is -2.11. The Balaban J connectivity index is 3.43. The van der Waals surface area contributed by atoms with E-state index in [1.807, 2.05) is 0 Å². The van der Waals surface area contributed by atoms with Crippen molar-refractivity contribution < 1.29 is 4.79 Å². The summed E-state index contributed by atoms with van der Waals surface area (Å²) in [7, 11) is 1.65. The Hall–Kier alpha value is -1.01. The highest BCUT2D eigenvalue weighted by atomic mass is 16.1. The fraction of sp³-hybridized carbons (Fsp3) is 0.727. The highest BCUT2D eigenvalue weighted by Gasteiger charge is 2.02. The number of hydrogen-bond donors (Lipinski definition) is 2. The van der Waals surface area contributed by atoms with Crippen LogP contribution in [0.2, 0.25) is 0 Å². The van der Waals surface area contributed by atoms with Crippen molar-refractivity contribution in [3.8, 4) is 12.3 Å². The second-order valence-corrected chi connectivity index (χ2v) is 3.24. The molecule has 0 fully saturated rings. The van der Waals surface area contributed by atoms with E-state index in [1.54, 1.807) is 7.05 Å². The molecule has 0 aliphatic rings. The Labute approximate surface area is 86.6 Å². The van der Waals surface area contributed by atoms with Gasteiger partial charge in [0.2, 0.25) is 5.91 Å².